The number of carboxylic acids is 1. The first kappa shape index (κ1) is 9.98. The van der Waals surface area contributed by atoms with E-state index in [1.165, 1.54) is 6.08 Å². The third-order valence-corrected chi connectivity index (χ3v) is 1.48. The Bertz CT molecular complexity index is 354. The van der Waals surface area contributed by atoms with Crippen LogP contribution in [-0.2, 0) is 14.3 Å². The summed E-state index contributed by atoms with van der Waals surface area (Å²) < 4.78 is 4.29. The van der Waals surface area contributed by atoms with Crippen LogP contribution in [0.1, 0.15) is 5.56 Å². The van der Waals surface area contributed by atoms with Gasteiger partial charge in [-0.1, -0.05) is 30.3 Å². The number of carbonyl (C=O) groups excluding carboxylic acids is 1. The fourth-order valence-corrected chi connectivity index (χ4v) is 0.899. The van der Waals surface area contributed by atoms with Crippen molar-refractivity contribution in [1.82, 2.24) is 0 Å². The molecule has 1 aromatic rings. The number of carboxylic acid groups (broad SMARTS) is 1. The van der Waals surface area contributed by atoms with Crippen LogP contribution in [0.3, 0.4) is 0 Å². The van der Waals surface area contributed by atoms with Gasteiger partial charge in [-0.15, -0.1) is 0 Å². The molecule has 0 fully saturated rings. The van der Waals surface area contributed by atoms with Gasteiger partial charge in [0.2, 0.25) is 5.76 Å². The van der Waals surface area contributed by atoms with Crippen molar-refractivity contribution in [3.63, 3.8) is 0 Å². The van der Waals surface area contributed by atoms with Crippen LogP contribution in [0.4, 0.5) is 0 Å². The minimum absolute atomic E-state index is 0.0862. The molecule has 0 heterocycles. The van der Waals surface area contributed by atoms with Gasteiger partial charge in [-0.05, 0) is 11.6 Å². The summed E-state index contributed by atoms with van der Waals surface area (Å²) in [5, 5.41) is 8.61. The van der Waals surface area contributed by atoms with Crippen molar-refractivity contribution < 1.29 is 19.4 Å². The lowest BCUT2D eigenvalue weighted by Gasteiger charge is -1.98. The summed E-state index contributed by atoms with van der Waals surface area (Å²) in [5.41, 5.74) is 0.659. The van der Waals surface area contributed by atoms with E-state index in [9.17, 15) is 9.59 Å². The third kappa shape index (κ3) is 2.75. The van der Waals surface area contributed by atoms with Crippen LogP contribution in [0.2, 0.25) is 0 Å². The van der Waals surface area contributed by atoms with Gasteiger partial charge in [0.1, 0.15) is 0 Å². The number of rotatable bonds is 4. The van der Waals surface area contributed by atoms with Gasteiger partial charge in [-0.25, -0.2) is 4.79 Å². The van der Waals surface area contributed by atoms with E-state index in [1.54, 1.807) is 30.3 Å². The molecule has 0 bridgehead atoms. The molecule has 0 aliphatic carbocycles. The van der Waals surface area contributed by atoms with Crippen LogP contribution in [0, 0.1) is 0 Å². The van der Waals surface area contributed by atoms with Crippen molar-refractivity contribution in [3.05, 3.63) is 41.7 Å². The van der Waals surface area contributed by atoms with E-state index < -0.39 is 11.7 Å². The highest BCUT2D eigenvalue weighted by Crippen LogP contribution is 2.06. The molecule has 14 heavy (non-hydrogen) atoms. The molecule has 0 aromatic heterocycles. The largest absolute Gasteiger partial charge is 0.475 e. The van der Waals surface area contributed by atoms with Crippen molar-refractivity contribution >= 4 is 18.5 Å². The molecule has 4 heteroatoms. The topological polar surface area (TPSA) is 63.6 Å². The Morgan fingerprint density at radius 2 is 1.93 bits per heavy atom. The van der Waals surface area contributed by atoms with Crippen molar-refractivity contribution in [2.24, 2.45) is 0 Å². The third-order valence-electron chi connectivity index (χ3n) is 1.48. The Morgan fingerprint density at radius 3 is 2.43 bits per heavy atom. The van der Waals surface area contributed by atoms with Crippen LogP contribution in [-0.4, -0.2) is 17.5 Å². The quantitative estimate of drug-likeness (QED) is 0.443. The van der Waals surface area contributed by atoms with Gasteiger partial charge in [0.15, 0.2) is 0 Å². The fraction of sp³-hybridized carbons (Fsp3) is 0. The number of carbonyl (C=O) groups is 2. The zero-order valence-corrected chi connectivity index (χ0v) is 7.21. The van der Waals surface area contributed by atoms with E-state index in [4.69, 9.17) is 5.11 Å². The molecule has 72 valence electrons. The van der Waals surface area contributed by atoms with Gasteiger partial charge >= 0.3 is 5.97 Å². The van der Waals surface area contributed by atoms with Crippen molar-refractivity contribution in [3.8, 4) is 0 Å². The summed E-state index contributed by atoms with van der Waals surface area (Å²) in [6.45, 7) is 0.0862. The monoisotopic (exact) mass is 192 g/mol. The number of hydrogen-bond donors (Lipinski definition) is 1. The van der Waals surface area contributed by atoms with E-state index in [-0.39, 0.29) is 6.47 Å². The molecule has 1 aromatic carbocycles. The number of benzene rings is 1. The van der Waals surface area contributed by atoms with Gasteiger partial charge in [0, 0.05) is 0 Å². The van der Waals surface area contributed by atoms with Gasteiger partial charge in [-0.2, -0.15) is 0 Å². The Hall–Kier alpha value is -2.10. The highest BCUT2D eigenvalue weighted by atomic mass is 16.5. The summed E-state index contributed by atoms with van der Waals surface area (Å²) in [6.07, 6.45) is 1.27. The lowest BCUT2D eigenvalue weighted by Crippen LogP contribution is -2.03. The van der Waals surface area contributed by atoms with E-state index >= 15 is 0 Å². The molecular weight excluding hydrogens is 184 g/mol. The standard InChI is InChI=1S/C10H8O4/c11-7-14-9(10(12)13)6-8-4-2-1-3-5-8/h1-7H,(H,12,13)/b9-6-. The van der Waals surface area contributed by atoms with Crippen molar-refractivity contribution in [2.75, 3.05) is 0 Å². The normalized spacial score (nSPS) is 10.7. The molecule has 0 saturated carbocycles. The highest BCUT2D eigenvalue weighted by Gasteiger charge is 2.07. The lowest BCUT2D eigenvalue weighted by molar-refractivity contribution is -0.141. The van der Waals surface area contributed by atoms with E-state index in [0.717, 1.165) is 0 Å². The van der Waals surface area contributed by atoms with Gasteiger partial charge in [0.05, 0.1) is 0 Å². The first-order chi connectivity index (χ1) is 6.74. The molecule has 0 atom stereocenters. The molecule has 0 aliphatic rings. The zero-order valence-electron chi connectivity index (χ0n) is 7.21. The Kier molecular flexibility index (Phi) is 3.43. The second kappa shape index (κ2) is 4.81. The smallest absolute Gasteiger partial charge is 0.371 e. The average Bonchev–Trinajstić information content (AvgIpc) is 2.18. The zero-order chi connectivity index (χ0) is 10.4. The highest BCUT2D eigenvalue weighted by molar-refractivity contribution is 5.91. The summed E-state index contributed by atoms with van der Waals surface area (Å²) >= 11 is 0. The van der Waals surface area contributed by atoms with Crippen LogP contribution in [0.15, 0.2) is 36.1 Å². The van der Waals surface area contributed by atoms with Gasteiger partial charge in [0.25, 0.3) is 6.47 Å². The van der Waals surface area contributed by atoms with E-state index in [2.05, 4.69) is 4.74 Å². The Balaban J connectivity index is 2.93. The number of hydrogen-bond acceptors (Lipinski definition) is 3. The maximum atomic E-state index is 10.5. The molecule has 1 N–H and O–H groups in total. The summed E-state index contributed by atoms with van der Waals surface area (Å²) in [7, 11) is 0. The second-order valence-electron chi connectivity index (χ2n) is 2.44. The molecule has 0 spiro atoms. The van der Waals surface area contributed by atoms with Gasteiger partial charge in [-0.3, -0.25) is 4.79 Å². The molecular formula is C10H8O4. The molecule has 0 saturated heterocycles. The molecule has 0 amide bonds. The predicted octanol–water partition coefficient (Wildman–Crippen LogP) is 1.29. The Labute approximate surface area is 80.4 Å². The lowest BCUT2D eigenvalue weighted by atomic mass is 10.2. The maximum Gasteiger partial charge on any atom is 0.371 e. The van der Waals surface area contributed by atoms with Crippen LogP contribution >= 0.6 is 0 Å². The minimum Gasteiger partial charge on any atom is -0.475 e. The van der Waals surface area contributed by atoms with Crippen LogP contribution in [0.25, 0.3) is 6.08 Å². The van der Waals surface area contributed by atoms with Crippen molar-refractivity contribution in [2.45, 2.75) is 0 Å². The van der Waals surface area contributed by atoms with E-state index in [0.29, 0.717) is 5.56 Å². The summed E-state index contributed by atoms with van der Waals surface area (Å²) in [5.74, 6) is -1.67. The number of aliphatic carboxylic acids is 1. The van der Waals surface area contributed by atoms with Gasteiger partial charge < -0.3 is 9.84 Å². The molecule has 1 rings (SSSR count). The summed E-state index contributed by atoms with van der Waals surface area (Å²) in [6, 6.07) is 8.73. The second-order valence-corrected chi connectivity index (χ2v) is 2.44. The molecule has 4 nitrogen and oxygen atoms in total. The predicted molar refractivity (Wildman–Crippen MR) is 49.2 cm³/mol. The fourth-order valence-electron chi connectivity index (χ4n) is 0.899. The van der Waals surface area contributed by atoms with Crippen LogP contribution < -0.4 is 0 Å². The Morgan fingerprint density at radius 1 is 1.29 bits per heavy atom. The molecule has 0 radical (unpaired) electrons. The minimum atomic E-state index is -1.28. The van der Waals surface area contributed by atoms with Crippen molar-refractivity contribution in [1.29, 1.82) is 0 Å². The van der Waals surface area contributed by atoms with Crippen LogP contribution in [0.5, 0.6) is 0 Å². The summed E-state index contributed by atoms with van der Waals surface area (Å²) in [4.78, 5) is 20.5. The number of ether oxygens (including phenoxy) is 1. The molecule has 0 unspecified atom stereocenters. The average molecular weight is 192 g/mol. The SMILES string of the molecule is O=CO/C(=C\c1ccccc1)C(=O)O. The van der Waals surface area contributed by atoms with E-state index in [1.807, 2.05) is 0 Å². The maximum absolute atomic E-state index is 10.5. The first-order valence-electron chi connectivity index (χ1n) is 3.84. The molecule has 0 aliphatic heterocycles. The first-order valence-corrected chi connectivity index (χ1v) is 3.84.